The highest BCUT2D eigenvalue weighted by Crippen LogP contribution is 2.38. The molecule has 0 heterocycles. The standard InChI is InChI=1S/C15H9ClF4N2O2/c16-12-6-5-11(15(18,19)20)10(13(12)23)7-21-22-14(24)8-1-3-9(17)4-2-8/h1-7,23H,(H,22,24). The number of aromatic hydroxyl groups is 1. The lowest BCUT2D eigenvalue weighted by molar-refractivity contribution is -0.137. The van der Waals surface area contributed by atoms with Crippen LogP contribution in [0.1, 0.15) is 21.5 Å². The summed E-state index contributed by atoms with van der Waals surface area (Å²) in [5.74, 6) is -2.12. The van der Waals surface area contributed by atoms with E-state index in [2.05, 4.69) is 5.10 Å². The Morgan fingerprint density at radius 2 is 1.79 bits per heavy atom. The third-order valence-electron chi connectivity index (χ3n) is 2.94. The van der Waals surface area contributed by atoms with Crippen LogP contribution in [0.25, 0.3) is 0 Å². The molecule has 0 aliphatic carbocycles. The Hall–Kier alpha value is -2.61. The van der Waals surface area contributed by atoms with Crippen molar-refractivity contribution in [2.24, 2.45) is 5.10 Å². The summed E-state index contributed by atoms with van der Waals surface area (Å²) in [6, 6.07) is 6.03. The number of benzene rings is 2. The molecule has 0 aliphatic heterocycles. The maximum atomic E-state index is 12.9. The van der Waals surface area contributed by atoms with Gasteiger partial charge in [0.05, 0.1) is 22.4 Å². The summed E-state index contributed by atoms with van der Waals surface area (Å²) in [4.78, 5) is 11.7. The van der Waals surface area contributed by atoms with Crippen LogP contribution in [0.4, 0.5) is 17.6 Å². The first-order valence-corrected chi connectivity index (χ1v) is 6.75. The van der Waals surface area contributed by atoms with E-state index in [-0.39, 0.29) is 10.6 Å². The first-order valence-electron chi connectivity index (χ1n) is 6.38. The Morgan fingerprint density at radius 3 is 2.38 bits per heavy atom. The summed E-state index contributed by atoms with van der Waals surface area (Å²) in [6.07, 6.45) is -4.12. The zero-order valence-electron chi connectivity index (χ0n) is 11.7. The number of hydrogen-bond acceptors (Lipinski definition) is 3. The number of carbonyl (C=O) groups excluding carboxylic acids is 1. The number of phenols is 1. The molecule has 2 aromatic rings. The van der Waals surface area contributed by atoms with Crippen molar-refractivity contribution >= 4 is 23.7 Å². The molecule has 1 amide bonds. The molecular formula is C15H9ClF4N2O2. The Kier molecular flexibility index (Phi) is 5.08. The summed E-state index contributed by atoms with van der Waals surface area (Å²) in [6.45, 7) is 0. The average Bonchev–Trinajstić information content (AvgIpc) is 2.50. The fourth-order valence-corrected chi connectivity index (χ4v) is 1.95. The molecule has 0 fully saturated rings. The topological polar surface area (TPSA) is 61.7 Å². The first kappa shape index (κ1) is 17.7. The molecule has 126 valence electrons. The van der Waals surface area contributed by atoms with Gasteiger partial charge in [-0.15, -0.1) is 0 Å². The number of carbonyl (C=O) groups is 1. The summed E-state index contributed by atoms with van der Waals surface area (Å²) in [5.41, 5.74) is 0.186. The number of rotatable bonds is 3. The maximum Gasteiger partial charge on any atom is 0.417 e. The van der Waals surface area contributed by atoms with Crippen LogP contribution in [-0.2, 0) is 6.18 Å². The van der Waals surface area contributed by atoms with Crippen LogP contribution in [0.5, 0.6) is 5.75 Å². The van der Waals surface area contributed by atoms with Gasteiger partial charge in [-0.2, -0.15) is 18.3 Å². The molecular weight excluding hydrogens is 352 g/mol. The molecule has 0 radical (unpaired) electrons. The minimum atomic E-state index is -4.75. The zero-order chi connectivity index (χ0) is 17.9. The van der Waals surface area contributed by atoms with Crippen molar-refractivity contribution in [3.63, 3.8) is 0 Å². The van der Waals surface area contributed by atoms with Gasteiger partial charge in [-0.1, -0.05) is 11.6 Å². The number of amides is 1. The number of halogens is 5. The molecule has 0 bridgehead atoms. The lowest BCUT2D eigenvalue weighted by atomic mass is 10.1. The van der Waals surface area contributed by atoms with Crippen molar-refractivity contribution in [2.75, 3.05) is 0 Å². The van der Waals surface area contributed by atoms with E-state index in [4.69, 9.17) is 11.6 Å². The van der Waals surface area contributed by atoms with Gasteiger partial charge >= 0.3 is 6.18 Å². The van der Waals surface area contributed by atoms with Gasteiger partial charge in [-0.3, -0.25) is 4.79 Å². The molecule has 9 heteroatoms. The summed E-state index contributed by atoms with van der Waals surface area (Å²) >= 11 is 5.59. The van der Waals surface area contributed by atoms with Gasteiger partial charge in [0, 0.05) is 5.56 Å². The van der Waals surface area contributed by atoms with Crippen LogP contribution >= 0.6 is 11.6 Å². The van der Waals surface area contributed by atoms with Gasteiger partial charge in [0.25, 0.3) is 5.91 Å². The van der Waals surface area contributed by atoms with Crippen LogP contribution in [0.2, 0.25) is 5.02 Å². The monoisotopic (exact) mass is 360 g/mol. The molecule has 0 saturated carbocycles. The number of hydrogen-bond donors (Lipinski definition) is 2. The SMILES string of the molecule is O=C(NN=Cc1c(C(F)(F)F)ccc(Cl)c1O)c1ccc(F)cc1. The van der Waals surface area contributed by atoms with E-state index in [1.807, 2.05) is 5.43 Å². The molecule has 0 aliphatic rings. The largest absolute Gasteiger partial charge is 0.506 e. The van der Waals surface area contributed by atoms with Crippen molar-refractivity contribution < 1.29 is 27.5 Å². The van der Waals surface area contributed by atoms with Crippen LogP contribution in [0.3, 0.4) is 0 Å². The highest BCUT2D eigenvalue weighted by Gasteiger charge is 2.34. The van der Waals surface area contributed by atoms with E-state index in [0.717, 1.165) is 18.2 Å². The first-order chi connectivity index (χ1) is 11.2. The van der Waals surface area contributed by atoms with E-state index in [1.165, 1.54) is 12.1 Å². The molecule has 4 nitrogen and oxygen atoms in total. The molecule has 0 atom stereocenters. The predicted molar refractivity (Wildman–Crippen MR) is 79.6 cm³/mol. The Morgan fingerprint density at radius 1 is 1.17 bits per heavy atom. The second-order valence-electron chi connectivity index (χ2n) is 4.56. The van der Waals surface area contributed by atoms with E-state index in [9.17, 15) is 27.5 Å². The Bertz CT molecular complexity index is 789. The highest BCUT2D eigenvalue weighted by molar-refractivity contribution is 6.32. The average molecular weight is 361 g/mol. The van der Waals surface area contributed by atoms with E-state index < -0.39 is 34.8 Å². The van der Waals surface area contributed by atoms with Gasteiger partial charge in [-0.25, -0.2) is 9.82 Å². The number of nitrogens with one attached hydrogen (secondary N) is 1. The van der Waals surface area contributed by atoms with Gasteiger partial charge < -0.3 is 5.11 Å². The smallest absolute Gasteiger partial charge is 0.417 e. The van der Waals surface area contributed by atoms with E-state index in [1.54, 1.807) is 0 Å². The third-order valence-corrected chi connectivity index (χ3v) is 3.24. The van der Waals surface area contributed by atoms with Gasteiger partial charge in [0.2, 0.25) is 0 Å². The zero-order valence-corrected chi connectivity index (χ0v) is 12.5. The molecule has 0 spiro atoms. The molecule has 24 heavy (non-hydrogen) atoms. The van der Waals surface area contributed by atoms with Crippen molar-refractivity contribution in [3.8, 4) is 5.75 Å². The van der Waals surface area contributed by atoms with E-state index in [0.29, 0.717) is 12.3 Å². The minimum absolute atomic E-state index is 0.0555. The lowest BCUT2D eigenvalue weighted by Crippen LogP contribution is -2.18. The van der Waals surface area contributed by atoms with E-state index >= 15 is 0 Å². The van der Waals surface area contributed by atoms with Gasteiger partial charge in [-0.05, 0) is 36.4 Å². The Labute approximate surface area is 138 Å². The van der Waals surface area contributed by atoms with Crippen molar-refractivity contribution in [2.45, 2.75) is 6.18 Å². The lowest BCUT2D eigenvalue weighted by Gasteiger charge is -2.12. The van der Waals surface area contributed by atoms with Gasteiger partial charge in [0.1, 0.15) is 11.6 Å². The van der Waals surface area contributed by atoms with Crippen LogP contribution in [0.15, 0.2) is 41.5 Å². The number of nitrogens with zero attached hydrogens (tertiary/aromatic N) is 1. The summed E-state index contributed by atoms with van der Waals surface area (Å²) < 4.78 is 51.5. The number of phenolic OH excluding ortho intramolecular Hbond substituents is 1. The molecule has 0 saturated heterocycles. The summed E-state index contributed by atoms with van der Waals surface area (Å²) in [5, 5.41) is 12.8. The minimum Gasteiger partial charge on any atom is -0.506 e. The second-order valence-corrected chi connectivity index (χ2v) is 4.97. The Balaban J connectivity index is 2.24. The maximum absolute atomic E-state index is 12.9. The molecule has 2 N–H and O–H groups in total. The van der Waals surface area contributed by atoms with Gasteiger partial charge in [0.15, 0.2) is 0 Å². The van der Waals surface area contributed by atoms with Crippen LogP contribution in [0, 0.1) is 5.82 Å². The molecule has 2 rings (SSSR count). The third kappa shape index (κ3) is 4.02. The van der Waals surface area contributed by atoms with Crippen LogP contribution < -0.4 is 5.43 Å². The fraction of sp³-hybridized carbons (Fsp3) is 0.0667. The second kappa shape index (κ2) is 6.88. The van der Waals surface area contributed by atoms with Crippen molar-refractivity contribution in [1.82, 2.24) is 5.43 Å². The number of alkyl halides is 3. The fourth-order valence-electron chi connectivity index (χ4n) is 1.78. The molecule has 0 aromatic heterocycles. The normalized spacial score (nSPS) is 11.7. The quantitative estimate of drug-likeness (QED) is 0.494. The van der Waals surface area contributed by atoms with Crippen molar-refractivity contribution in [3.05, 3.63) is 63.9 Å². The van der Waals surface area contributed by atoms with Crippen LogP contribution in [-0.4, -0.2) is 17.2 Å². The predicted octanol–water partition coefficient (Wildman–Crippen LogP) is 3.97. The molecule has 0 unspecified atom stereocenters. The number of hydrazone groups is 1. The summed E-state index contributed by atoms with van der Waals surface area (Å²) in [7, 11) is 0. The molecule has 2 aromatic carbocycles. The van der Waals surface area contributed by atoms with Crippen molar-refractivity contribution in [1.29, 1.82) is 0 Å². The highest BCUT2D eigenvalue weighted by atomic mass is 35.5.